The van der Waals surface area contributed by atoms with Gasteiger partial charge in [0.2, 0.25) is 0 Å². The number of ether oxygens (including phenoxy) is 2. The molecule has 0 unspecified atom stereocenters. The fraction of sp³-hybridized carbons (Fsp3) is 0.325. The summed E-state index contributed by atoms with van der Waals surface area (Å²) in [5.41, 5.74) is 0. The van der Waals surface area contributed by atoms with Gasteiger partial charge in [0.25, 0.3) is 0 Å². The maximum atomic E-state index is 12.8. The molecule has 1 N–H and O–H groups in total. The van der Waals surface area contributed by atoms with Crippen molar-refractivity contribution in [1.82, 2.24) is 0 Å². The molecule has 318 valence electrons. The number of aliphatic carboxylic acids is 1. The standard InChI is InChI=1S/C12H15FO4S.C12H15FO2S.C10H11FO4S.C6H5FS/c1-4-17-11(14)12(2,3)18(15,16)10-7-5-9(13)6-8-10;1-4-15-11(14)12(2,3)16-10-7-5-9(13)6-8-10;1-10(2,9(12)13)16(14,15)8-5-3-7(11)4-6-8;7-5-1-3-6(8)4-2-5/h5-8H,4H2,1-3H3;5-8H,4H2,1-3H3;3-6H,1-2H3,(H,12,13);1-4,8H. The average Bonchev–Trinajstić information content (AvgIpc) is 3.15. The molecule has 0 radical (unpaired) electrons. The third kappa shape index (κ3) is 14.8. The SMILES string of the molecule is CC(C)(C(=O)O)S(=O)(=O)c1ccc(F)cc1.CCOC(=O)C(C)(C)S(=O)(=O)c1ccc(F)cc1.CCOC(=O)C(C)(C)Sc1ccc(F)cc1.Fc1ccc(S)cc1. The molecule has 0 heterocycles. The Hall–Kier alpha value is -4.39. The molecule has 0 saturated heterocycles. The van der Waals surface area contributed by atoms with Crippen molar-refractivity contribution in [1.29, 1.82) is 0 Å². The number of carboxylic acids is 1. The number of halogens is 4. The van der Waals surface area contributed by atoms with Gasteiger partial charge in [0.15, 0.2) is 29.2 Å². The van der Waals surface area contributed by atoms with Gasteiger partial charge in [-0.2, -0.15) is 0 Å². The van der Waals surface area contributed by atoms with Crippen molar-refractivity contribution in [2.75, 3.05) is 13.2 Å². The smallest absolute Gasteiger partial charge is 0.327 e. The zero-order chi connectivity index (χ0) is 44.7. The second kappa shape index (κ2) is 22.1. The molecule has 0 atom stereocenters. The molecule has 0 aliphatic heterocycles. The first-order valence-electron chi connectivity index (χ1n) is 17.1. The number of thioether (sulfide) groups is 1. The Morgan fingerprint density at radius 2 is 0.879 bits per heavy atom. The van der Waals surface area contributed by atoms with Crippen molar-refractivity contribution in [3.63, 3.8) is 0 Å². The van der Waals surface area contributed by atoms with E-state index in [0.717, 1.165) is 72.2 Å². The van der Waals surface area contributed by atoms with E-state index < -0.39 is 57.5 Å². The van der Waals surface area contributed by atoms with Gasteiger partial charge in [0, 0.05) is 9.79 Å². The van der Waals surface area contributed by atoms with Crippen molar-refractivity contribution in [2.24, 2.45) is 0 Å². The number of sulfone groups is 2. The number of rotatable bonds is 11. The Balaban J connectivity index is 0.000000398. The van der Waals surface area contributed by atoms with Crippen molar-refractivity contribution < 1.29 is 63.4 Å². The van der Waals surface area contributed by atoms with Crippen LogP contribution in [0, 0.1) is 23.3 Å². The van der Waals surface area contributed by atoms with Crippen molar-refractivity contribution in [3.8, 4) is 0 Å². The van der Waals surface area contributed by atoms with E-state index in [2.05, 4.69) is 12.6 Å². The van der Waals surface area contributed by atoms with Crippen molar-refractivity contribution in [3.05, 3.63) is 120 Å². The summed E-state index contributed by atoms with van der Waals surface area (Å²) in [5, 5.41) is 8.84. The number of thiol groups is 1. The molecule has 0 bridgehead atoms. The van der Waals surface area contributed by atoms with E-state index in [4.69, 9.17) is 14.6 Å². The Bertz CT molecular complexity index is 2160. The van der Waals surface area contributed by atoms with Crippen LogP contribution < -0.4 is 0 Å². The molecule has 4 aromatic carbocycles. The number of carbonyl (C=O) groups is 3. The van der Waals surface area contributed by atoms with E-state index in [0.29, 0.717) is 6.61 Å². The Labute approximate surface area is 346 Å². The summed E-state index contributed by atoms with van der Waals surface area (Å²) < 4.78 is 104. The van der Waals surface area contributed by atoms with Crippen LogP contribution in [-0.4, -0.2) is 67.3 Å². The van der Waals surface area contributed by atoms with Crippen LogP contribution in [0.3, 0.4) is 0 Å². The summed E-state index contributed by atoms with van der Waals surface area (Å²) in [6, 6.07) is 20.4. The van der Waals surface area contributed by atoms with Crippen LogP contribution in [-0.2, 0) is 43.5 Å². The number of carboxylic acid groups (broad SMARTS) is 1. The number of hydrogen-bond donors (Lipinski definition) is 2. The Morgan fingerprint density at radius 1 is 0.569 bits per heavy atom. The molecule has 18 heteroatoms. The lowest BCUT2D eigenvalue weighted by Gasteiger charge is -2.22. The first-order chi connectivity index (χ1) is 26.7. The topological polar surface area (TPSA) is 158 Å². The van der Waals surface area contributed by atoms with Gasteiger partial charge >= 0.3 is 17.9 Å². The molecular formula is C40H46F4O10S4. The average molecular weight is 891 g/mol. The fourth-order valence-corrected chi connectivity index (χ4v) is 7.76. The van der Waals surface area contributed by atoms with Crippen LogP contribution in [0.1, 0.15) is 55.4 Å². The molecule has 4 rings (SSSR count). The molecule has 4 aromatic rings. The maximum Gasteiger partial charge on any atom is 0.327 e. The lowest BCUT2D eigenvalue weighted by Crippen LogP contribution is -2.42. The third-order valence-electron chi connectivity index (χ3n) is 7.65. The maximum absolute atomic E-state index is 12.8. The zero-order valence-electron chi connectivity index (χ0n) is 33.0. The molecular weight excluding hydrogens is 845 g/mol. The minimum atomic E-state index is -4.02. The first kappa shape index (κ1) is 51.6. The first-order valence-corrected chi connectivity index (χ1v) is 21.4. The molecule has 0 aliphatic carbocycles. The zero-order valence-corrected chi connectivity index (χ0v) is 36.3. The van der Waals surface area contributed by atoms with Crippen LogP contribution in [0.5, 0.6) is 0 Å². The van der Waals surface area contributed by atoms with Crippen molar-refractivity contribution in [2.45, 2.75) is 89.2 Å². The second-order valence-electron chi connectivity index (χ2n) is 13.2. The van der Waals surface area contributed by atoms with Crippen LogP contribution in [0.2, 0.25) is 0 Å². The molecule has 0 fully saturated rings. The van der Waals surface area contributed by atoms with E-state index in [1.807, 2.05) is 0 Å². The van der Waals surface area contributed by atoms with Crippen molar-refractivity contribution >= 4 is 62.0 Å². The highest BCUT2D eigenvalue weighted by atomic mass is 32.2. The van der Waals surface area contributed by atoms with E-state index >= 15 is 0 Å². The monoisotopic (exact) mass is 890 g/mol. The number of esters is 2. The third-order valence-corrected chi connectivity index (χ3v) is 14.0. The number of carbonyl (C=O) groups excluding carboxylic acids is 2. The minimum absolute atomic E-state index is 0.0984. The molecule has 58 heavy (non-hydrogen) atoms. The van der Waals surface area contributed by atoms with Crippen LogP contribution in [0.25, 0.3) is 0 Å². The normalized spacial score (nSPS) is 11.6. The van der Waals surface area contributed by atoms with Crippen LogP contribution in [0.4, 0.5) is 17.6 Å². The lowest BCUT2D eigenvalue weighted by molar-refractivity contribution is -0.146. The molecule has 10 nitrogen and oxygen atoms in total. The van der Waals surface area contributed by atoms with Gasteiger partial charge < -0.3 is 14.6 Å². The summed E-state index contributed by atoms with van der Waals surface area (Å²) in [6.07, 6.45) is 0. The molecule has 0 aliphatic rings. The molecule has 0 spiro atoms. The highest BCUT2D eigenvalue weighted by molar-refractivity contribution is 8.01. The van der Waals surface area contributed by atoms with Gasteiger partial charge in [-0.15, -0.1) is 24.4 Å². The minimum Gasteiger partial charge on any atom is -0.480 e. The molecule has 0 saturated carbocycles. The summed E-state index contributed by atoms with van der Waals surface area (Å²) in [7, 11) is -7.94. The molecule has 0 amide bonds. The van der Waals surface area contributed by atoms with E-state index in [1.165, 1.54) is 49.9 Å². The fourth-order valence-electron chi connectivity index (χ4n) is 3.93. The van der Waals surface area contributed by atoms with E-state index in [1.54, 1.807) is 52.0 Å². The van der Waals surface area contributed by atoms with Gasteiger partial charge in [-0.25, -0.2) is 34.4 Å². The van der Waals surface area contributed by atoms with Crippen LogP contribution >= 0.6 is 24.4 Å². The second-order valence-corrected chi connectivity index (χ2v) is 20.4. The summed E-state index contributed by atoms with van der Waals surface area (Å²) in [4.78, 5) is 35.5. The van der Waals surface area contributed by atoms with Gasteiger partial charge in [0.05, 0.1) is 23.0 Å². The molecule has 0 aromatic heterocycles. The lowest BCUT2D eigenvalue weighted by atomic mass is 10.2. The summed E-state index contributed by atoms with van der Waals surface area (Å²) in [5.74, 6) is -4.15. The predicted molar refractivity (Wildman–Crippen MR) is 216 cm³/mol. The number of hydrogen-bond acceptors (Lipinski definition) is 11. The highest BCUT2D eigenvalue weighted by Crippen LogP contribution is 2.33. The van der Waals surface area contributed by atoms with E-state index in [-0.39, 0.29) is 34.0 Å². The quantitative estimate of drug-likeness (QED) is 0.0488. The predicted octanol–water partition coefficient (Wildman–Crippen LogP) is 8.78. The van der Waals surface area contributed by atoms with Crippen LogP contribution in [0.15, 0.2) is 117 Å². The Morgan fingerprint density at radius 3 is 1.21 bits per heavy atom. The van der Waals surface area contributed by atoms with Gasteiger partial charge in [-0.3, -0.25) is 14.4 Å². The highest BCUT2D eigenvalue weighted by Gasteiger charge is 2.44. The Kier molecular flexibility index (Phi) is 19.7. The summed E-state index contributed by atoms with van der Waals surface area (Å²) in [6.45, 7) is 12.1. The summed E-state index contributed by atoms with van der Waals surface area (Å²) >= 11 is 5.33. The van der Waals surface area contributed by atoms with Gasteiger partial charge in [-0.05, 0) is 152 Å². The number of benzene rings is 4. The van der Waals surface area contributed by atoms with Gasteiger partial charge in [-0.1, -0.05) is 0 Å². The van der Waals surface area contributed by atoms with E-state index in [9.17, 15) is 48.8 Å². The van der Waals surface area contributed by atoms with Gasteiger partial charge in [0.1, 0.15) is 28.0 Å². The largest absolute Gasteiger partial charge is 0.480 e.